The van der Waals surface area contributed by atoms with Gasteiger partial charge in [-0.25, -0.2) is 4.39 Å². The highest BCUT2D eigenvalue weighted by molar-refractivity contribution is 5.27. The number of benzene rings is 2. The van der Waals surface area contributed by atoms with Crippen LogP contribution in [0.1, 0.15) is 22.5 Å². The molecule has 1 aromatic heterocycles. The van der Waals surface area contributed by atoms with Crippen molar-refractivity contribution >= 4 is 0 Å². The first-order chi connectivity index (χ1) is 13.2. The van der Waals surface area contributed by atoms with Crippen molar-refractivity contribution in [3.05, 3.63) is 99.4 Å². The highest BCUT2D eigenvalue weighted by Gasteiger charge is 2.20. The molecule has 4 nitrogen and oxygen atoms in total. The van der Waals surface area contributed by atoms with Crippen molar-refractivity contribution in [1.82, 2.24) is 0 Å². The number of ether oxygens (including phenoxy) is 1. The van der Waals surface area contributed by atoms with Crippen LogP contribution in [0, 0.1) is 5.82 Å². The van der Waals surface area contributed by atoms with Crippen LogP contribution in [-0.4, -0.2) is 6.54 Å². The third kappa shape index (κ3) is 4.26. The second-order valence-electron chi connectivity index (χ2n) is 6.86. The van der Waals surface area contributed by atoms with E-state index in [4.69, 9.17) is 9.15 Å². The molecule has 0 saturated heterocycles. The van der Waals surface area contributed by atoms with Crippen LogP contribution in [0.3, 0.4) is 0 Å². The zero-order valence-electron chi connectivity index (χ0n) is 14.9. The lowest BCUT2D eigenvalue weighted by Crippen LogP contribution is -3.10. The van der Waals surface area contributed by atoms with Crippen LogP contribution in [0.2, 0.25) is 0 Å². The minimum absolute atomic E-state index is 0.169. The van der Waals surface area contributed by atoms with Gasteiger partial charge in [-0.05, 0) is 23.3 Å². The maximum atomic E-state index is 12.9. The van der Waals surface area contributed by atoms with Crippen molar-refractivity contribution in [2.24, 2.45) is 0 Å². The molecule has 5 heteroatoms. The number of nitrogens with one attached hydrogen (secondary N) is 1. The van der Waals surface area contributed by atoms with Crippen LogP contribution in [-0.2, 0) is 26.1 Å². The Balaban J connectivity index is 1.38. The molecule has 0 aliphatic carbocycles. The highest BCUT2D eigenvalue weighted by atomic mass is 19.1. The summed E-state index contributed by atoms with van der Waals surface area (Å²) in [5, 5.41) is 0. The Morgan fingerprint density at radius 1 is 1.07 bits per heavy atom. The number of fused-ring (bicyclic) bond motifs is 1. The van der Waals surface area contributed by atoms with E-state index in [0.717, 1.165) is 25.1 Å². The predicted molar refractivity (Wildman–Crippen MR) is 99.1 cm³/mol. The summed E-state index contributed by atoms with van der Waals surface area (Å²) in [7, 11) is 0. The van der Waals surface area contributed by atoms with Crippen molar-refractivity contribution in [2.45, 2.75) is 26.1 Å². The summed E-state index contributed by atoms with van der Waals surface area (Å²) in [5.41, 5.74) is 3.36. The van der Waals surface area contributed by atoms with Gasteiger partial charge in [-0.2, -0.15) is 0 Å². The monoisotopic (exact) mass is 366 g/mol. The van der Waals surface area contributed by atoms with Gasteiger partial charge in [0.05, 0.1) is 6.54 Å². The average molecular weight is 366 g/mol. The number of hydrogen-bond acceptors (Lipinski definition) is 3. The second kappa shape index (κ2) is 7.76. The maximum absolute atomic E-state index is 12.9. The third-order valence-corrected chi connectivity index (χ3v) is 4.89. The maximum Gasteiger partial charge on any atom is 0.227 e. The van der Waals surface area contributed by atoms with Gasteiger partial charge in [-0.1, -0.05) is 36.4 Å². The Morgan fingerprint density at radius 2 is 1.85 bits per heavy atom. The molecule has 0 fully saturated rings. The molecule has 27 heavy (non-hydrogen) atoms. The molecule has 1 atom stereocenters. The van der Waals surface area contributed by atoms with Gasteiger partial charge in [0.15, 0.2) is 5.76 Å². The van der Waals surface area contributed by atoms with Crippen LogP contribution >= 0.6 is 0 Å². The van der Waals surface area contributed by atoms with E-state index in [0.29, 0.717) is 12.3 Å². The van der Waals surface area contributed by atoms with Crippen LogP contribution in [0.15, 0.2) is 70.1 Å². The summed E-state index contributed by atoms with van der Waals surface area (Å²) < 4.78 is 24.1. The summed E-state index contributed by atoms with van der Waals surface area (Å²) in [5.74, 6) is 0.524. The lowest BCUT2D eigenvalue weighted by Gasteiger charge is -2.25. The first kappa shape index (κ1) is 17.5. The smallest absolute Gasteiger partial charge is 0.227 e. The average Bonchev–Trinajstić information content (AvgIpc) is 2.68. The van der Waals surface area contributed by atoms with E-state index >= 15 is 0 Å². The molecule has 0 radical (unpaired) electrons. The summed E-state index contributed by atoms with van der Waals surface area (Å²) in [6.07, 6.45) is 2.41. The van der Waals surface area contributed by atoms with E-state index in [-0.39, 0.29) is 23.6 Å². The third-order valence-electron chi connectivity index (χ3n) is 4.89. The van der Waals surface area contributed by atoms with E-state index in [2.05, 4.69) is 24.3 Å². The fraction of sp³-hybridized carbons (Fsp3) is 0.227. The van der Waals surface area contributed by atoms with Crippen molar-refractivity contribution in [3.8, 4) is 5.75 Å². The Labute approximate surface area is 156 Å². The summed E-state index contributed by atoms with van der Waals surface area (Å²) >= 11 is 0. The number of quaternary nitrogens is 1. The van der Waals surface area contributed by atoms with Crippen LogP contribution in [0.4, 0.5) is 4.39 Å². The SMILES string of the molecule is O=c1cc(C[NH+]2CCc3ccccc3C2)occ1OCc1ccc(F)cc1. The normalized spacial score (nSPS) is 16.0. The Morgan fingerprint density at radius 3 is 2.63 bits per heavy atom. The number of halogens is 1. The molecule has 3 aromatic rings. The molecule has 1 unspecified atom stereocenters. The van der Waals surface area contributed by atoms with Gasteiger partial charge in [-0.15, -0.1) is 0 Å². The van der Waals surface area contributed by atoms with Crippen LogP contribution < -0.4 is 15.1 Å². The van der Waals surface area contributed by atoms with Gasteiger partial charge in [0.25, 0.3) is 0 Å². The van der Waals surface area contributed by atoms with E-state index in [1.165, 1.54) is 40.5 Å². The van der Waals surface area contributed by atoms with Crippen molar-refractivity contribution < 1.29 is 18.4 Å². The fourth-order valence-corrected chi connectivity index (χ4v) is 3.42. The lowest BCUT2D eigenvalue weighted by molar-refractivity contribution is -0.930. The first-order valence-electron chi connectivity index (χ1n) is 9.07. The summed E-state index contributed by atoms with van der Waals surface area (Å²) in [6.45, 7) is 2.81. The molecule has 1 N–H and O–H groups in total. The Hall–Kier alpha value is -2.92. The molecule has 0 saturated carbocycles. The fourth-order valence-electron chi connectivity index (χ4n) is 3.42. The Bertz CT molecular complexity index is 981. The van der Waals surface area contributed by atoms with Gasteiger partial charge in [0, 0.05) is 18.1 Å². The topological polar surface area (TPSA) is 43.9 Å². The summed E-state index contributed by atoms with van der Waals surface area (Å²) in [4.78, 5) is 13.7. The van der Waals surface area contributed by atoms with Gasteiger partial charge < -0.3 is 14.1 Å². The van der Waals surface area contributed by atoms with Gasteiger partial charge >= 0.3 is 0 Å². The van der Waals surface area contributed by atoms with Crippen molar-refractivity contribution in [1.29, 1.82) is 0 Å². The molecule has 2 heterocycles. The van der Waals surface area contributed by atoms with E-state index < -0.39 is 0 Å². The van der Waals surface area contributed by atoms with Crippen LogP contribution in [0.5, 0.6) is 5.75 Å². The Kier molecular flexibility index (Phi) is 5.03. The quantitative estimate of drug-likeness (QED) is 0.755. The highest BCUT2D eigenvalue weighted by Crippen LogP contribution is 2.12. The predicted octanol–water partition coefficient (Wildman–Crippen LogP) is 2.50. The minimum atomic E-state index is -0.301. The standard InChI is InChI=1S/C22H20FNO3/c23-19-7-5-16(6-8-19)14-27-22-15-26-20(11-21(22)25)13-24-10-9-17-3-1-2-4-18(17)12-24/h1-8,11,15H,9-10,12-14H2/p+1. The van der Waals surface area contributed by atoms with E-state index in [1.807, 2.05) is 0 Å². The molecule has 4 rings (SSSR count). The zero-order valence-corrected chi connectivity index (χ0v) is 14.9. The molecular formula is C22H21FNO3+. The molecule has 0 amide bonds. The largest absolute Gasteiger partial charge is 0.482 e. The zero-order chi connectivity index (χ0) is 18.6. The first-order valence-corrected chi connectivity index (χ1v) is 9.07. The molecule has 2 aromatic carbocycles. The van der Waals surface area contributed by atoms with Crippen molar-refractivity contribution in [2.75, 3.05) is 6.54 Å². The number of hydrogen-bond donors (Lipinski definition) is 1. The van der Waals surface area contributed by atoms with Gasteiger partial charge in [0.1, 0.15) is 31.8 Å². The van der Waals surface area contributed by atoms with Crippen molar-refractivity contribution in [3.63, 3.8) is 0 Å². The molecule has 138 valence electrons. The number of rotatable bonds is 5. The van der Waals surface area contributed by atoms with E-state index in [9.17, 15) is 9.18 Å². The molecule has 1 aliphatic heterocycles. The minimum Gasteiger partial charge on any atom is -0.482 e. The lowest BCUT2D eigenvalue weighted by atomic mass is 10.00. The summed E-state index contributed by atoms with van der Waals surface area (Å²) in [6, 6.07) is 16.0. The van der Waals surface area contributed by atoms with Gasteiger partial charge in [-0.3, -0.25) is 4.79 Å². The second-order valence-corrected chi connectivity index (χ2v) is 6.86. The molecule has 1 aliphatic rings. The molecular weight excluding hydrogens is 345 g/mol. The molecule has 0 spiro atoms. The van der Waals surface area contributed by atoms with E-state index in [1.54, 1.807) is 12.1 Å². The molecule has 0 bridgehead atoms. The van der Waals surface area contributed by atoms with Crippen LogP contribution in [0.25, 0.3) is 0 Å². The van der Waals surface area contributed by atoms with Gasteiger partial charge in [0.2, 0.25) is 11.2 Å².